The molecule has 100 valence electrons. The zero-order valence-corrected chi connectivity index (χ0v) is 11.2. The van der Waals surface area contributed by atoms with Crippen molar-refractivity contribution in [1.82, 2.24) is 0 Å². The van der Waals surface area contributed by atoms with Gasteiger partial charge in [0, 0.05) is 6.61 Å². The summed E-state index contributed by atoms with van der Waals surface area (Å²) in [6.45, 7) is 9.49. The van der Waals surface area contributed by atoms with Crippen LogP contribution < -0.4 is 0 Å². The minimum atomic E-state index is -1.14. The fourth-order valence-corrected chi connectivity index (χ4v) is 3.08. The molecule has 0 aromatic heterocycles. The van der Waals surface area contributed by atoms with Crippen molar-refractivity contribution < 1.29 is 15.3 Å². The highest BCUT2D eigenvalue weighted by Crippen LogP contribution is 2.44. The van der Waals surface area contributed by atoms with Crippen LogP contribution in [0.5, 0.6) is 0 Å². The summed E-state index contributed by atoms with van der Waals surface area (Å²) in [5.74, 6) is 0.468. The van der Waals surface area contributed by atoms with Crippen molar-refractivity contribution in [3.8, 4) is 0 Å². The van der Waals surface area contributed by atoms with Crippen LogP contribution >= 0.6 is 0 Å². The van der Waals surface area contributed by atoms with E-state index in [1.165, 1.54) is 0 Å². The molecule has 1 fully saturated rings. The van der Waals surface area contributed by atoms with E-state index in [0.29, 0.717) is 12.3 Å². The molecule has 0 saturated heterocycles. The van der Waals surface area contributed by atoms with E-state index in [-0.39, 0.29) is 18.4 Å². The van der Waals surface area contributed by atoms with Crippen molar-refractivity contribution in [1.29, 1.82) is 0 Å². The highest BCUT2D eigenvalue weighted by atomic mass is 16.3. The van der Waals surface area contributed by atoms with E-state index in [1.807, 2.05) is 6.92 Å². The molecule has 1 saturated carbocycles. The van der Waals surface area contributed by atoms with E-state index in [0.717, 1.165) is 18.4 Å². The Hall–Kier alpha value is -0.380. The maximum atomic E-state index is 10.5. The Kier molecular flexibility index (Phi) is 4.76. The van der Waals surface area contributed by atoms with Gasteiger partial charge in [0.05, 0.1) is 11.7 Å². The second kappa shape index (κ2) is 5.51. The molecular weight excluding hydrogens is 216 g/mol. The first-order chi connectivity index (χ1) is 7.80. The summed E-state index contributed by atoms with van der Waals surface area (Å²) in [5.41, 5.74) is -0.277. The van der Waals surface area contributed by atoms with Crippen molar-refractivity contribution in [3.63, 3.8) is 0 Å². The minimum Gasteiger partial charge on any atom is -0.396 e. The molecule has 3 unspecified atom stereocenters. The van der Waals surface area contributed by atoms with E-state index >= 15 is 0 Å². The van der Waals surface area contributed by atoms with Gasteiger partial charge in [-0.15, -0.1) is 6.58 Å². The van der Waals surface area contributed by atoms with Crippen molar-refractivity contribution in [2.24, 2.45) is 17.8 Å². The Morgan fingerprint density at radius 3 is 2.53 bits per heavy atom. The molecule has 0 spiro atoms. The van der Waals surface area contributed by atoms with Crippen molar-refractivity contribution in [3.05, 3.63) is 12.2 Å². The highest BCUT2D eigenvalue weighted by Gasteiger charge is 2.47. The molecule has 17 heavy (non-hydrogen) atoms. The third kappa shape index (κ3) is 3.09. The standard InChI is InChI=1S/C14H26O3/c1-9(2)7-13(16)14(4,17)12-6-5-10(3)11(12)8-15/h10-13,15-17H,1,5-8H2,2-4H3/t10?,11-,12+,13?,14?/m0/s1. The minimum absolute atomic E-state index is 0.0307. The molecule has 0 radical (unpaired) electrons. The Bertz CT molecular complexity index is 273. The summed E-state index contributed by atoms with van der Waals surface area (Å²) < 4.78 is 0. The monoisotopic (exact) mass is 242 g/mol. The van der Waals surface area contributed by atoms with Crippen LogP contribution in [-0.2, 0) is 0 Å². The SMILES string of the molecule is C=C(C)CC(O)C(C)(O)[C@@H]1CCC(C)[C@@H]1CO. The molecule has 0 aliphatic heterocycles. The van der Waals surface area contributed by atoms with E-state index in [2.05, 4.69) is 13.5 Å². The summed E-state index contributed by atoms with van der Waals surface area (Å²) in [7, 11) is 0. The fraction of sp³-hybridized carbons (Fsp3) is 0.857. The predicted molar refractivity (Wildman–Crippen MR) is 68.5 cm³/mol. The Morgan fingerprint density at radius 2 is 2.06 bits per heavy atom. The normalized spacial score (nSPS) is 34.4. The van der Waals surface area contributed by atoms with Crippen molar-refractivity contribution in [2.45, 2.75) is 51.7 Å². The van der Waals surface area contributed by atoms with Gasteiger partial charge in [-0.1, -0.05) is 12.5 Å². The number of hydrogen-bond donors (Lipinski definition) is 3. The molecule has 0 heterocycles. The maximum Gasteiger partial charge on any atom is 0.0912 e. The molecule has 1 aliphatic rings. The van der Waals surface area contributed by atoms with Gasteiger partial charge < -0.3 is 15.3 Å². The third-order valence-electron chi connectivity index (χ3n) is 4.36. The van der Waals surface area contributed by atoms with E-state index in [4.69, 9.17) is 0 Å². The average Bonchev–Trinajstić information content (AvgIpc) is 2.58. The van der Waals surface area contributed by atoms with Gasteiger partial charge in [0.25, 0.3) is 0 Å². The van der Waals surface area contributed by atoms with Gasteiger partial charge in [-0.2, -0.15) is 0 Å². The van der Waals surface area contributed by atoms with Crippen molar-refractivity contribution in [2.75, 3.05) is 6.61 Å². The predicted octanol–water partition coefficient (Wildman–Crippen LogP) is 1.72. The fourth-order valence-electron chi connectivity index (χ4n) is 3.08. The molecule has 5 atom stereocenters. The third-order valence-corrected chi connectivity index (χ3v) is 4.36. The summed E-state index contributed by atoms with van der Waals surface area (Å²) in [5, 5.41) is 30.1. The Labute approximate surface area is 104 Å². The van der Waals surface area contributed by atoms with Crippen LogP contribution in [0.1, 0.15) is 40.0 Å². The summed E-state index contributed by atoms with van der Waals surface area (Å²) in [6, 6.07) is 0. The first kappa shape index (κ1) is 14.7. The molecular formula is C14H26O3. The van der Waals surface area contributed by atoms with Gasteiger partial charge in [-0.25, -0.2) is 0 Å². The van der Waals surface area contributed by atoms with Gasteiger partial charge >= 0.3 is 0 Å². The first-order valence-corrected chi connectivity index (χ1v) is 6.46. The number of aliphatic hydroxyl groups is 3. The van der Waals surface area contributed by atoms with Crippen molar-refractivity contribution >= 4 is 0 Å². The second-order valence-electron chi connectivity index (χ2n) is 5.91. The zero-order chi connectivity index (χ0) is 13.2. The number of hydrogen-bond acceptors (Lipinski definition) is 3. The first-order valence-electron chi connectivity index (χ1n) is 6.46. The van der Waals surface area contributed by atoms with Crippen LogP contribution in [0.4, 0.5) is 0 Å². The largest absolute Gasteiger partial charge is 0.396 e. The van der Waals surface area contributed by atoms with Gasteiger partial charge in [-0.3, -0.25) is 0 Å². The Balaban J connectivity index is 2.78. The lowest BCUT2D eigenvalue weighted by Gasteiger charge is -2.38. The van der Waals surface area contributed by atoms with E-state index < -0.39 is 11.7 Å². The zero-order valence-electron chi connectivity index (χ0n) is 11.2. The van der Waals surface area contributed by atoms with Gasteiger partial charge in [0.1, 0.15) is 0 Å². The average molecular weight is 242 g/mol. The number of rotatable bonds is 5. The van der Waals surface area contributed by atoms with Crippen LogP contribution in [0.2, 0.25) is 0 Å². The molecule has 3 nitrogen and oxygen atoms in total. The topological polar surface area (TPSA) is 60.7 Å². The summed E-state index contributed by atoms with van der Waals surface area (Å²) in [4.78, 5) is 0. The lowest BCUT2D eigenvalue weighted by molar-refractivity contribution is -0.116. The van der Waals surface area contributed by atoms with Crippen LogP contribution in [0.3, 0.4) is 0 Å². The molecule has 0 amide bonds. The van der Waals surface area contributed by atoms with E-state index in [9.17, 15) is 15.3 Å². The molecule has 0 aromatic rings. The smallest absolute Gasteiger partial charge is 0.0912 e. The lowest BCUT2D eigenvalue weighted by atomic mass is 9.75. The lowest BCUT2D eigenvalue weighted by Crippen LogP contribution is -2.48. The van der Waals surface area contributed by atoms with Gasteiger partial charge in [-0.05, 0) is 50.9 Å². The summed E-state index contributed by atoms with van der Waals surface area (Å²) in [6.07, 6.45) is 1.48. The van der Waals surface area contributed by atoms with Crippen LogP contribution in [0, 0.1) is 17.8 Å². The van der Waals surface area contributed by atoms with Gasteiger partial charge in [0.15, 0.2) is 0 Å². The van der Waals surface area contributed by atoms with Gasteiger partial charge in [0.2, 0.25) is 0 Å². The van der Waals surface area contributed by atoms with Crippen LogP contribution in [0.15, 0.2) is 12.2 Å². The molecule has 0 bridgehead atoms. The quantitative estimate of drug-likeness (QED) is 0.643. The Morgan fingerprint density at radius 1 is 1.47 bits per heavy atom. The molecule has 1 rings (SSSR count). The van der Waals surface area contributed by atoms with Crippen LogP contribution in [0.25, 0.3) is 0 Å². The maximum absolute atomic E-state index is 10.5. The summed E-state index contributed by atoms with van der Waals surface area (Å²) >= 11 is 0. The molecule has 3 N–H and O–H groups in total. The highest BCUT2D eigenvalue weighted by molar-refractivity contribution is 5.02. The molecule has 1 aliphatic carbocycles. The van der Waals surface area contributed by atoms with E-state index in [1.54, 1.807) is 6.92 Å². The van der Waals surface area contributed by atoms with Crippen LogP contribution in [-0.4, -0.2) is 33.6 Å². The number of aliphatic hydroxyl groups excluding tert-OH is 2. The molecule has 3 heteroatoms. The molecule has 0 aromatic carbocycles. The second-order valence-corrected chi connectivity index (χ2v) is 5.91.